The highest BCUT2D eigenvalue weighted by Gasteiger charge is 2.40. The lowest BCUT2D eigenvalue weighted by atomic mass is 9.92. The Morgan fingerprint density at radius 2 is 1.73 bits per heavy atom. The first kappa shape index (κ1) is 29.0. The Bertz CT molecular complexity index is 1560. The first-order valence-corrected chi connectivity index (χ1v) is 16.0. The van der Waals surface area contributed by atoms with Crippen LogP contribution in [-0.2, 0) is 27.8 Å². The molecule has 1 saturated carbocycles. The molecular weight excluding hydrogens is 561 g/mol. The number of rotatable bonds is 8. The number of fused-ring (bicyclic) bond motifs is 1. The first-order chi connectivity index (χ1) is 19.7. The summed E-state index contributed by atoms with van der Waals surface area (Å²) in [6.07, 6.45) is 6.52. The highest BCUT2D eigenvalue weighted by molar-refractivity contribution is 8.04. The predicted octanol–water partition coefficient (Wildman–Crippen LogP) is 4.87. The van der Waals surface area contributed by atoms with E-state index in [9.17, 15) is 22.4 Å². The van der Waals surface area contributed by atoms with Crippen LogP contribution in [0.3, 0.4) is 0 Å². The molecule has 1 aliphatic heterocycles. The average molecular weight is 594 g/mol. The van der Waals surface area contributed by atoms with Crippen molar-refractivity contribution in [3.8, 4) is 0 Å². The van der Waals surface area contributed by atoms with Gasteiger partial charge in [-0.15, -0.1) is 11.8 Å². The van der Waals surface area contributed by atoms with Crippen LogP contribution in [0.4, 0.5) is 4.39 Å². The maximum absolute atomic E-state index is 14.4. The smallest absolute Gasteiger partial charge is 0.260 e. The number of nitrogens with zero attached hydrogens (tertiary/aromatic N) is 1. The highest BCUT2D eigenvalue weighted by Crippen LogP contribution is 2.42. The Balaban J connectivity index is 1.23. The molecule has 2 aliphatic rings. The lowest BCUT2D eigenvalue weighted by molar-refractivity contribution is -0.130. The minimum Gasteiger partial charge on any atom is -0.352 e. The summed E-state index contributed by atoms with van der Waals surface area (Å²) in [7, 11) is -3.74. The molecule has 2 atom stereocenters. The lowest BCUT2D eigenvalue weighted by Gasteiger charge is -2.44. The standard InChI is InChI=1S/C31H32FN3O4S2/c32-26-6-2-1-5-24(26)20-35-27-7-3-4-8-28(27)40-29(31(35)37)19-22-9-13-23(14-10-22)30(36)34-18-17-21-11-15-25(16-12-21)41(33,38)39/h1-2,5-6,9-16,19,27-28H,3-4,7-8,17-18,20H2,(H,34,36)(H2,33,38,39)/b29-19-. The summed E-state index contributed by atoms with van der Waals surface area (Å²) >= 11 is 1.62. The Labute approximate surface area is 244 Å². The van der Waals surface area contributed by atoms with Gasteiger partial charge in [0.2, 0.25) is 10.0 Å². The predicted molar refractivity (Wildman–Crippen MR) is 159 cm³/mol. The summed E-state index contributed by atoms with van der Waals surface area (Å²) in [5.41, 5.74) is 2.70. The molecule has 0 radical (unpaired) electrons. The highest BCUT2D eigenvalue weighted by atomic mass is 32.2. The van der Waals surface area contributed by atoms with Crippen LogP contribution in [0.15, 0.2) is 82.6 Å². The number of thioether (sulfide) groups is 1. The maximum Gasteiger partial charge on any atom is 0.260 e. The molecule has 3 aromatic carbocycles. The van der Waals surface area contributed by atoms with Crippen molar-refractivity contribution in [2.45, 2.75) is 54.8 Å². The molecular formula is C31H32FN3O4S2. The van der Waals surface area contributed by atoms with Gasteiger partial charge >= 0.3 is 0 Å². The van der Waals surface area contributed by atoms with E-state index in [-0.39, 0.29) is 40.4 Å². The van der Waals surface area contributed by atoms with Gasteiger partial charge in [0.05, 0.1) is 9.80 Å². The van der Waals surface area contributed by atoms with Crippen LogP contribution < -0.4 is 10.5 Å². The zero-order valence-electron chi connectivity index (χ0n) is 22.5. The van der Waals surface area contributed by atoms with E-state index in [4.69, 9.17) is 5.14 Å². The van der Waals surface area contributed by atoms with Gasteiger partial charge in [-0.05, 0) is 66.8 Å². The van der Waals surface area contributed by atoms with Crippen molar-refractivity contribution >= 4 is 39.7 Å². The van der Waals surface area contributed by atoms with E-state index in [1.54, 1.807) is 54.2 Å². The Morgan fingerprint density at radius 1 is 1.02 bits per heavy atom. The zero-order valence-corrected chi connectivity index (χ0v) is 24.1. The van der Waals surface area contributed by atoms with Gasteiger partial charge in [-0.3, -0.25) is 9.59 Å². The summed E-state index contributed by atoms with van der Waals surface area (Å²) in [5, 5.41) is 8.28. The van der Waals surface area contributed by atoms with Crippen molar-refractivity contribution in [3.63, 3.8) is 0 Å². The second-order valence-corrected chi connectivity index (χ2v) is 13.2. The molecule has 7 nitrogen and oxygen atoms in total. The van der Waals surface area contributed by atoms with Crippen LogP contribution in [0.5, 0.6) is 0 Å². The number of primary sulfonamides is 1. The van der Waals surface area contributed by atoms with Crippen LogP contribution in [0, 0.1) is 5.82 Å². The second kappa shape index (κ2) is 12.6. The number of sulfonamides is 1. The van der Waals surface area contributed by atoms with Crippen LogP contribution in [-0.4, -0.2) is 43.0 Å². The van der Waals surface area contributed by atoms with Crippen LogP contribution in [0.2, 0.25) is 0 Å². The van der Waals surface area contributed by atoms with E-state index in [0.717, 1.165) is 36.8 Å². The third kappa shape index (κ3) is 7.06. The number of halogens is 1. The third-order valence-corrected chi connectivity index (χ3v) is 9.87. The molecule has 214 valence electrons. The zero-order chi connectivity index (χ0) is 29.0. The molecule has 41 heavy (non-hydrogen) atoms. The molecule has 2 fully saturated rings. The molecule has 5 rings (SSSR count). The summed E-state index contributed by atoms with van der Waals surface area (Å²) in [4.78, 5) is 28.8. The van der Waals surface area contributed by atoms with Crippen molar-refractivity contribution in [1.82, 2.24) is 10.2 Å². The number of benzene rings is 3. The molecule has 1 saturated heterocycles. The largest absolute Gasteiger partial charge is 0.352 e. The summed E-state index contributed by atoms with van der Waals surface area (Å²) < 4.78 is 37.2. The van der Waals surface area contributed by atoms with Gasteiger partial charge in [-0.25, -0.2) is 17.9 Å². The average Bonchev–Trinajstić information content (AvgIpc) is 2.96. The van der Waals surface area contributed by atoms with E-state index >= 15 is 0 Å². The molecule has 1 heterocycles. The normalized spacial score (nSPS) is 20.1. The molecule has 0 bridgehead atoms. The van der Waals surface area contributed by atoms with Crippen LogP contribution in [0.25, 0.3) is 6.08 Å². The van der Waals surface area contributed by atoms with Crippen molar-refractivity contribution in [2.75, 3.05) is 6.54 Å². The van der Waals surface area contributed by atoms with E-state index in [2.05, 4.69) is 5.32 Å². The molecule has 3 N–H and O–H groups in total. The van der Waals surface area contributed by atoms with Gasteiger partial charge in [0.15, 0.2) is 0 Å². The maximum atomic E-state index is 14.4. The van der Waals surface area contributed by atoms with Crippen molar-refractivity contribution in [3.05, 3.63) is 106 Å². The fourth-order valence-corrected chi connectivity index (χ4v) is 7.31. The van der Waals surface area contributed by atoms with Gasteiger partial charge in [0.25, 0.3) is 11.8 Å². The topological polar surface area (TPSA) is 110 Å². The van der Waals surface area contributed by atoms with Gasteiger partial charge in [0, 0.05) is 35.5 Å². The lowest BCUT2D eigenvalue weighted by Crippen LogP contribution is -2.50. The molecule has 2 amide bonds. The number of hydrogen-bond donors (Lipinski definition) is 2. The molecule has 0 spiro atoms. The SMILES string of the molecule is NS(=O)(=O)c1ccc(CCNC(=O)c2ccc(/C=C3\SC4CCCCC4N(Cc4ccccc4F)C3=O)cc2)cc1. The van der Waals surface area contributed by atoms with Gasteiger partial charge < -0.3 is 10.2 Å². The Morgan fingerprint density at radius 3 is 2.44 bits per heavy atom. The number of nitrogens with two attached hydrogens (primary N) is 1. The minimum atomic E-state index is -3.74. The number of carbonyl (C=O) groups excluding carboxylic acids is 2. The fourth-order valence-electron chi connectivity index (χ4n) is 5.32. The molecule has 10 heteroatoms. The Kier molecular flexibility index (Phi) is 8.91. The van der Waals surface area contributed by atoms with Crippen molar-refractivity contribution in [2.24, 2.45) is 5.14 Å². The quantitative estimate of drug-likeness (QED) is 0.362. The van der Waals surface area contributed by atoms with E-state index in [0.29, 0.717) is 29.0 Å². The Hall–Kier alpha value is -3.47. The molecule has 2 unspecified atom stereocenters. The van der Waals surface area contributed by atoms with Gasteiger partial charge in [-0.2, -0.15) is 0 Å². The van der Waals surface area contributed by atoms with Crippen LogP contribution >= 0.6 is 11.8 Å². The number of amides is 2. The minimum absolute atomic E-state index is 0.0463. The summed E-state index contributed by atoms with van der Waals surface area (Å²) in [6.45, 7) is 0.630. The van der Waals surface area contributed by atoms with Gasteiger partial charge in [-0.1, -0.05) is 55.3 Å². The number of nitrogens with one attached hydrogen (secondary N) is 1. The summed E-state index contributed by atoms with van der Waals surface area (Å²) in [6, 6.07) is 20.0. The number of hydrogen-bond acceptors (Lipinski definition) is 5. The van der Waals surface area contributed by atoms with Crippen LogP contribution in [0.1, 0.15) is 52.7 Å². The second-order valence-electron chi connectivity index (χ2n) is 10.4. The van der Waals surface area contributed by atoms with Gasteiger partial charge in [0.1, 0.15) is 5.82 Å². The summed E-state index contributed by atoms with van der Waals surface area (Å²) in [5.74, 6) is -0.611. The van der Waals surface area contributed by atoms with E-state index < -0.39 is 10.0 Å². The van der Waals surface area contributed by atoms with E-state index in [1.165, 1.54) is 18.2 Å². The third-order valence-electron chi connectivity index (χ3n) is 7.54. The number of carbonyl (C=O) groups is 2. The molecule has 3 aromatic rings. The molecule has 0 aromatic heterocycles. The van der Waals surface area contributed by atoms with E-state index in [1.807, 2.05) is 23.1 Å². The first-order valence-electron chi connectivity index (χ1n) is 13.6. The van der Waals surface area contributed by atoms with Crippen molar-refractivity contribution in [1.29, 1.82) is 0 Å². The fraction of sp³-hybridized carbons (Fsp3) is 0.290. The monoisotopic (exact) mass is 593 g/mol. The van der Waals surface area contributed by atoms with Crippen molar-refractivity contribution < 1.29 is 22.4 Å². The molecule has 1 aliphatic carbocycles.